The molecule has 0 amide bonds. The van der Waals surface area contributed by atoms with Crippen LogP contribution >= 0.6 is 0 Å². The number of methoxy groups -OCH3 is 1. The Bertz CT molecular complexity index is 358. The standard InChI is InChI=1S/C17H27NO2/c1-19-17-9-7-16(8-10-17)14-20-12-11-18-13-15-5-3-2-4-6-15/h7-10,15,18H,2-6,11-14H2,1H3. The van der Waals surface area contributed by atoms with Crippen LogP contribution in [0.25, 0.3) is 0 Å². The van der Waals surface area contributed by atoms with Crippen LogP contribution in [0.2, 0.25) is 0 Å². The number of benzene rings is 1. The highest BCUT2D eigenvalue weighted by Gasteiger charge is 2.12. The minimum atomic E-state index is 0.676. The molecule has 1 aliphatic carbocycles. The van der Waals surface area contributed by atoms with Crippen LogP contribution in [0.4, 0.5) is 0 Å². The van der Waals surface area contributed by atoms with E-state index in [9.17, 15) is 0 Å². The molecule has 0 bridgehead atoms. The summed E-state index contributed by atoms with van der Waals surface area (Å²) >= 11 is 0. The Morgan fingerprint density at radius 1 is 1.10 bits per heavy atom. The van der Waals surface area contributed by atoms with Crippen LogP contribution in [0.15, 0.2) is 24.3 Å². The Hall–Kier alpha value is -1.06. The van der Waals surface area contributed by atoms with E-state index in [1.165, 1.54) is 37.7 Å². The maximum atomic E-state index is 5.68. The van der Waals surface area contributed by atoms with Gasteiger partial charge in [-0.05, 0) is 43.0 Å². The zero-order valence-electron chi connectivity index (χ0n) is 12.6. The van der Waals surface area contributed by atoms with E-state index in [2.05, 4.69) is 5.32 Å². The highest BCUT2D eigenvalue weighted by atomic mass is 16.5. The van der Waals surface area contributed by atoms with Crippen molar-refractivity contribution in [3.63, 3.8) is 0 Å². The van der Waals surface area contributed by atoms with Crippen molar-refractivity contribution < 1.29 is 9.47 Å². The molecule has 0 heterocycles. The molecular weight excluding hydrogens is 250 g/mol. The first-order chi connectivity index (χ1) is 9.88. The van der Waals surface area contributed by atoms with Gasteiger partial charge in [0.15, 0.2) is 0 Å². The van der Waals surface area contributed by atoms with Crippen LogP contribution in [0, 0.1) is 5.92 Å². The van der Waals surface area contributed by atoms with Gasteiger partial charge in [-0.1, -0.05) is 31.4 Å². The lowest BCUT2D eigenvalue weighted by molar-refractivity contribution is 0.121. The van der Waals surface area contributed by atoms with E-state index in [0.717, 1.165) is 31.4 Å². The Morgan fingerprint density at radius 2 is 1.85 bits per heavy atom. The van der Waals surface area contributed by atoms with Gasteiger partial charge in [-0.3, -0.25) is 0 Å². The van der Waals surface area contributed by atoms with E-state index in [0.29, 0.717) is 6.61 Å². The van der Waals surface area contributed by atoms with Crippen LogP contribution in [-0.4, -0.2) is 26.8 Å². The number of hydrogen-bond acceptors (Lipinski definition) is 3. The van der Waals surface area contributed by atoms with Crippen molar-refractivity contribution in [1.29, 1.82) is 0 Å². The molecule has 0 aromatic heterocycles. The molecule has 1 aliphatic rings. The SMILES string of the molecule is COc1ccc(COCCNCC2CCCCC2)cc1. The summed E-state index contributed by atoms with van der Waals surface area (Å²) in [5.41, 5.74) is 1.19. The largest absolute Gasteiger partial charge is 0.497 e. The predicted octanol–water partition coefficient (Wildman–Crippen LogP) is 3.38. The van der Waals surface area contributed by atoms with Crippen LogP contribution in [-0.2, 0) is 11.3 Å². The first-order valence-electron chi connectivity index (χ1n) is 7.80. The Morgan fingerprint density at radius 3 is 2.55 bits per heavy atom. The second-order valence-corrected chi connectivity index (χ2v) is 5.61. The van der Waals surface area contributed by atoms with Gasteiger partial charge in [0.25, 0.3) is 0 Å². The van der Waals surface area contributed by atoms with E-state index in [1.54, 1.807) is 7.11 Å². The quantitative estimate of drug-likeness (QED) is 0.739. The highest BCUT2D eigenvalue weighted by Crippen LogP contribution is 2.22. The first kappa shape index (κ1) is 15.3. The van der Waals surface area contributed by atoms with Crippen molar-refractivity contribution in [3.8, 4) is 5.75 Å². The fourth-order valence-corrected chi connectivity index (χ4v) is 2.75. The molecule has 2 rings (SSSR count). The van der Waals surface area contributed by atoms with Crippen molar-refractivity contribution in [2.75, 3.05) is 26.8 Å². The van der Waals surface area contributed by atoms with E-state index < -0.39 is 0 Å². The minimum Gasteiger partial charge on any atom is -0.497 e. The Kier molecular flexibility index (Phi) is 6.89. The van der Waals surface area contributed by atoms with Crippen molar-refractivity contribution in [2.24, 2.45) is 5.92 Å². The number of nitrogens with one attached hydrogen (secondary N) is 1. The summed E-state index contributed by atoms with van der Waals surface area (Å²) in [4.78, 5) is 0. The van der Waals surface area contributed by atoms with Gasteiger partial charge in [-0.15, -0.1) is 0 Å². The smallest absolute Gasteiger partial charge is 0.118 e. The maximum absolute atomic E-state index is 5.68. The van der Waals surface area contributed by atoms with Crippen molar-refractivity contribution in [3.05, 3.63) is 29.8 Å². The first-order valence-corrected chi connectivity index (χ1v) is 7.80. The van der Waals surface area contributed by atoms with Gasteiger partial charge in [0.1, 0.15) is 5.75 Å². The van der Waals surface area contributed by atoms with Gasteiger partial charge in [-0.2, -0.15) is 0 Å². The van der Waals surface area contributed by atoms with E-state index in [1.807, 2.05) is 24.3 Å². The van der Waals surface area contributed by atoms with Crippen molar-refractivity contribution in [2.45, 2.75) is 38.7 Å². The molecule has 0 atom stereocenters. The van der Waals surface area contributed by atoms with E-state index in [4.69, 9.17) is 9.47 Å². The molecule has 0 aliphatic heterocycles. The molecule has 112 valence electrons. The summed E-state index contributed by atoms with van der Waals surface area (Å²) in [5, 5.41) is 3.51. The lowest BCUT2D eigenvalue weighted by Crippen LogP contribution is -2.27. The monoisotopic (exact) mass is 277 g/mol. The van der Waals surface area contributed by atoms with E-state index >= 15 is 0 Å². The van der Waals surface area contributed by atoms with Crippen molar-refractivity contribution in [1.82, 2.24) is 5.32 Å². The second kappa shape index (κ2) is 8.98. The van der Waals surface area contributed by atoms with Gasteiger partial charge in [0.2, 0.25) is 0 Å². The summed E-state index contributed by atoms with van der Waals surface area (Å²) in [7, 11) is 1.68. The van der Waals surface area contributed by atoms with Gasteiger partial charge in [0.05, 0.1) is 20.3 Å². The second-order valence-electron chi connectivity index (χ2n) is 5.61. The molecule has 1 fully saturated rings. The molecule has 0 radical (unpaired) electrons. The summed E-state index contributed by atoms with van der Waals surface area (Å²) in [6.07, 6.45) is 7.07. The van der Waals surface area contributed by atoms with Crippen LogP contribution in [0.1, 0.15) is 37.7 Å². The third kappa shape index (κ3) is 5.51. The van der Waals surface area contributed by atoms with Crippen LogP contribution in [0.5, 0.6) is 5.75 Å². The molecule has 1 aromatic rings. The fourth-order valence-electron chi connectivity index (χ4n) is 2.75. The third-order valence-electron chi connectivity index (χ3n) is 4.01. The number of rotatable bonds is 8. The predicted molar refractivity (Wildman–Crippen MR) is 82.1 cm³/mol. The van der Waals surface area contributed by atoms with Gasteiger partial charge < -0.3 is 14.8 Å². The summed E-state index contributed by atoms with van der Waals surface area (Å²) < 4.78 is 10.8. The van der Waals surface area contributed by atoms with Gasteiger partial charge in [-0.25, -0.2) is 0 Å². The lowest BCUT2D eigenvalue weighted by Gasteiger charge is -2.21. The van der Waals surface area contributed by atoms with Crippen molar-refractivity contribution >= 4 is 0 Å². The molecule has 0 unspecified atom stereocenters. The summed E-state index contributed by atoms with van der Waals surface area (Å²) in [6.45, 7) is 3.56. The van der Waals surface area contributed by atoms with E-state index in [-0.39, 0.29) is 0 Å². The molecule has 1 saturated carbocycles. The highest BCUT2D eigenvalue weighted by molar-refractivity contribution is 5.26. The molecule has 1 aromatic carbocycles. The molecule has 3 nitrogen and oxygen atoms in total. The zero-order valence-corrected chi connectivity index (χ0v) is 12.6. The maximum Gasteiger partial charge on any atom is 0.118 e. The average molecular weight is 277 g/mol. The van der Waals surface area contributed by atoms with Gasteiger partial charge >= 0.3 is 0 Å². The zero-order chi connectivity index (χ0) is 14.0. The fraction of sp³-hybridized carbons (Fsp3) is 0.647. The lowest BCUT2D eigenvalue weighted by atomic mass is 9.89. The Labute approximate surface area is 122 Å². The molecular formula is C17H27NO2. The number of hydrogen-bond donors (Lipinski definition) is 1. The molecule has 0 saturated heterocycles. The topological polar surface area (TPSA) is 30.5 Å². The minimum absolute atomic E-state index is 0.676. The molecule has 20 heavy (non-hydrogen) atoms. The molecule has 0 spiro atoms. The summed E-state index contributed by atoms with van der Waals surface area (Å²) in [5.74, 6) is 1.79. The van der Waals surface area contributed by atoms with Crippen LogP contribution < -0.4 is 10.1 Å². The molecule has 1 N–H and O–H groups in total. The Balaban J connectivity index is 1.50. The normalized spacial score (nSPS) is 16.2. The summed E-state index contributed by atoms with van der Waals surface area (Å²) in [6, 6.07) is 8.04. The van der Waals surface area contributed by atoms with Gasteiger partial charge in [0, 0.05) is 6.54 Å². The molecule has 3 heteroatoms. The average Bonchev–Trinajstić information content (AvgIpc) is 2.52. The number of ether oxygens (including phenoxy) is 2. The van der Waals surface area contributed by atoms with Crippen LogP contribution in [0.3, 0.4) is 0 Å². The third-order valence-corrected chi connectivity index (χ3v) is 4.01.